The van der Waals surface area contributed by atoms with Gasteiger partial charge in [0.25, 0.3) is 11.8 Å². The quantitative estimate of drug-likeness (QED) is 0.847. The maximum atomic E-state index is 12.4. The lowest BCUT2D eigenvalue weighted by atomic mass is 10.0. The molecule has 1 N–H and O–H groups in total. The van der Waals surface area contributed by atoms with Crippen LogP contribution in [0, 0.1) is 5.92 Å². The molecular weight excluding hydrogens is 310 g/mol. The molecule has 7 heteroatoms. The fraction of sp³-hybridized carbons (Fsp3) is 0.176. The molecule has 1 fully saturated rings. The van der Waals surface area contributed by atoms with Gasteiger partial charge in [0.2, 0.25) is 5.91 Å². The smallest absolute Gasteiger partial charge is 0.325 e. The first-order valence-corrected chi connectivity index (χ1v) is 7.29. The molecule has 0 radical (unpaired) electrons. The maximum absolute atomic E-state index is 12.4. The van der Waals surface area contributed by atoms with Crippen LogP contribution in [0.4, 0.5) is 10.5 Å². The van der Waals surface area contributed by atoms with Crippen LogP contribution in [-0.4, -0.2) is 47.6 Å². The predicted molar refractivity (Wildman–Crippen MR) is 87.0 cm³/mol. The van der Waals surface area contributed by atoms with Gasteiger partial charge in [0.1, 0.15) is 0 Å². The predicted octanol–water partition coefficient (Wildman–Crippen LogP) is 1.44. The van der Waals surface area contributed by atoms with Crippen LogP contribution in [0.3, 0.4) is 0 Å². The first-order valence-electron chi connectivity index (χ1n) is 7.29. The van der Waals surface area contributed by atoms with Gasteiger partial charge in [-0.15, -0.1) is 0 Å². The number of fused-ring (bicyclic) bond motifs is 1. The number of barbiturate groups is 1. The second-order valence-corrected chi connectivity index (χ2v) is 5.56. The fourth-order valence-corrected chi connectivity index (χ4v) is 2.61. The van der Waals surface area contributed by atoms with Crippen molar-refractivity contribution in [1.82, 2.24) is 9.80 Å². The van der Waals surface area contributed by atoms with Gasteiger partial charge >= 0.3 is 6.03 Å². The number of amides is 5. The van der Waals surface area contributed by atoms with E-state index in [2.05, 4.69) is 5.32 Å². The van der Waals surface area contributed by atoms with Crippen LogP contribution < -0.4 is 5.32 Å². The molecule has 24 heavy (non-hydrogen) atoms. The number of nitrogens with zero attached hydrogens (tertiary/aromatic N) is 2. The van der Waals surface area contributed by atoms with E-state index in [4.69, 9.17) is 0 Å². The third-order valence-electron chi connectivity index (χ3n) is 4.01. The molecular formula is C17H15N3O4. The minimum Gasteiger partial charge on any atom is -0.325 e. The SMILES string of the molecule is CN1C(=O)C(C(=O)Nc2ccc3ccccc3c2)C(=O)N(C)C1=O. The summed E-state index contributed by atoms with van der Waals surface area (Å²) in [6.07, 6.45) is 0. The van der Waals surface area contributed by atoms with Gasteiger partial charge in [0.15, 0.2) is 5.92 Å². The first-order chi connectivity index (χ1) is 11.4. The molecule has 0 atom stereocenters. The van der Waals surface area contributed by atoms with Gasteiger partial charge in [-0.3, -0.25) is 24.2 Å². The summed E-state index contributed by atoms with van der Waals surface area (Å²) in [5.74, 6) is -3.99. The average molecular weight is 325 g/mol. The Morgan fingerprint density at radius 2 is 1.50 bits per heavy atom. The van der Waals surface area contributed by atoms with Gasteiger partial charge in [-0.05, 0) is 22.9 Å². The maximum Gasteiger partial charge on any atom is 0.332 e. The van der Waals surface area contributed by atoms with Crippen molar-refractivity contribution >= 4 is 40.2 Å². The highest BCUT2D eigenvalue weighted by molar-refractivity contribution is 6.27. The molecule has 0 unspecified atom stereocenters. The Balaban J connectivity index is 1.86. The lowest BCUT2D eigenvalue weighted by Crippen LogP contribution is -2.59. The summed E-state index contributed by atoms with van der Waals surface area (Å²) in [5.41, 5.74) is 0.474. The van der Waals surface area contributed by atoms with Crippen molar-refractivity contribution in [3.63, 3.8) is 0 Å². The third kappa shape index (κ3) is 2.50. The zero-order valence-electron chi connectivity index (χ0n) is 13.1. The molecule has 3 rings (SSSR count). The minimum absolute atomic E-state index is 0.474. The number of imide groups is 2. The van der Waals surface area contributed by atoms with Gasteiger partial charge < -0.3 is 5.32 Å². The summed E-state index contributed by atoms with van der Waals surface area (Å²) in [6, 6.07) is 12.1. The van der Waals surface area contributed by atoms with Crippen molar-refractivity contribution < 1.29 is 19.2 Å². The monoisotopic (exact) mass is 325 g/mol. The van der Waals surface area contributed by atoms with Crippen molar-refractivity contribution in [1.29, 1.82) is 0 Å². The number of nitrogens with one attached hydrogen (secondary N) is 1. The Morgan fingerprint density at radius 3 is 2.12 bits per heavy atom. The van der Waals surface area contributed by atoms with E-state index in [1.807, 2.05) is 30.3 Å². The molecule has 122 valence electrons. The summed E-state index contributed by atoms with van der Waals surface area (Å²) in [5, 5.41) is 4.50. The zero-order chi connectivity index (χ0) is 17.4. The number of urea groups is 1. The Morgan fingerprint density at radius 1 is 0.917 bits per heavy atom. The van der Waals surface area contributed by atoms with E-state index >= 15 is 0 Å². The van der Waals surface area contributed by atoms with Crippen LogP contribution in [0.5, 0.6) is 0 Å². The number of benzene rings is 2. The van der Waals surface area contributed by atoms with Crippen molar-refractivity contribution in [2.24, 2.45) is 5.92 Å². The Hall–Kier alpha value is -3.22. The molecule has 5 amide bonds. The topological polar surface area (TPSA) is 86.8 Å². The van der Waals surface area contributed by atoms with E-state index in [0.717, 1.165) is 20.6 Å². The number of carbonyl (C=O) groups excluding carboxylic acids is 4. The van der Waals surface area contributed by atoms with Gasteiger partial charge in [-0.2, -0.15) is 0 Å². The molecule has 0 bridgehead atoms. The van der Waals surface area contributed by atoms with Crippen molar-refractivity contribution in [2.75, 3.05) is 19.4 Å². The van der Waals surface area contributed by atoms with Crippen LogP contribution in [0.15, 0.2) is 42.5 Å². The molecule has 2 aromatic rings. The summed E-state index contributed by atoms with van der Waals surface area (Å²) < 4.78 is 0. The fourth-order valence-electron chi connectivity index (χ4n) is 2.61. The molecule has 0 saturated carbocycles. The highest BCUT2D eigenvalue weighted by Gasteiger charge is 2.46. The Bertz CT molecular complexity index is 853. The van der Waals surface area contributed by atoms with E-state index in [1.54, 1.807) is 12.1 Å². The molecule has 0 spiro atoms. The van der Waals surface area contributed by atoms with Crippen LogP contribution >= 0.6 is 0 Å². The first kappa shape index (κ1) is 15.7. The Labute approximate surface area is 137 Å². The molecule has 1 heterocycles. The number of anilines is 1. The largest absolute Gasteiger partial charge is 0.332 e. The molecule has 1 saturated heterocycles. The van der Waals surface area contributed by atoms with Crippen LogP contribution in [0.2, 0.25) is 0 Å². The number of rotatable bonds is 2. The summed E-state index contributed by atoms with van der Waals surface area (Å²) in [6.45, 7) is 0. The number of carbonyl (C=O) groups is 4. The van der Waals surface area contributed by atoms with E-state index in [-0.39, 0.29) is 0 Å². The van der Waals surface area contributed by atoms with E-state index in [1.165, 1.54) is 14.1 Å². The van der Waals surface area contributed by atoms with Gasteiger partial charge in [-0.1, -0.05) is 30.3 Å². The van der Waals surface area contributed by atoms with Gasteiger partial charge in [0.05, 0.1) is 0 Å². The second kappa shape index (κ2) is 5.77. The summed E-state index contributed by atoms with van der Waals surface area (Å²) in [7, 11) is 2.48. The number of hydrogen-bond donors (Lipinski definition) is 1. The lowest BCUT2D eigenvalue weighted by Gasteiger charge is -2.32. The third-order valence-corrected chi connectivity index (χ3v) is 4.01. The highest BCUT2D eigenvalue weighted by atomic mass is 16.2. The van der Waals surface area contributed by atoms with Crippen LogP contribution in [-0.2, 0) is 14.4 Å². The van der Waals surface area contributed by atoms with Crippen molar-refractivity contribution in [3.05, 3.63) is 42.5 Å². The molecule has 0 aromatic heterocycles. The van der Waals surface area contributed by atoms with Crippen LogP contribution in [0.25, 0.3) is 10.8 Å². The molecule has 1 aliphatic rings. The standard InChI is InChI=1S/C17H15N3O4/c1-19-15(22)13(16(23)20(2)17(19)24)14(21)18-12-8-7-10-5-3-4-6-11(10)9-12/h3-9,13H,1-2H3,(H,18,21). The van der Waals surface area contributed by atoms with E-state index < -0.39 is 29.7 Å². The van der Waals surface area contributed by atoms with E-state index in [9.17, 15) is 19.2 Å². The van der Waals surface area contributed by atoms with E-state index in [0.29, 0.717) is 5.69 Å². The Kier molecular flexibility index (Phi) is 3.76. The molecule has 2 aromatic carbocycles. The van der Waals surface area contributed by atoms with Crippen molar-refractivity contribution in [2.45, 2.75) is 0 Å². The minimum atomic E-state index is -1.57. The van der Waals surface area contributed by atoms with Gasteiger partial charge in [-0.25, -0.2) is 4.79 Å². The average Bonchev–Trinajstić information content (AvgIpc) is 2.58. The normalized spacial score (nSPS) is 16.0. The van der Waals surface area contributed by atoms with Crippen molar-refractivity contribution in [3.8, 4) is 0 Å². The molecule has 0 aliphatic carbocycles. The highest BCUT2D eigenvalue weighted by Crippen LogP contribution is 2.21. The zero-order valence-corrected chi connectivity index (χ0v) is 13.1. The molecule has 1 aliphatic heterocycles. The summed E-state index contributed by atoms with van der Waals surface area (Å²) in [4.78, 5) is 49.9. The summed E-state index contributed by atoms with van der Waals surface area (Å²) >= 11 is 0. The van der Waals surface area contributed by atoms with Gasteiger partial charge in [0, 0.05) is 19.8 Å². The molecule has 7 nitrogen and oxygen atoms in total. The number of hydrogen-bond acceptors (Lipinski definition) is 4. The van der Waals surface area contributed by atoms with Crippen LogP contribution in [0.1, 0.15) is 0 Å². The second-order valence-electron chi connectivity index (χ2n) is 5.56. The lowest BCUT2D eigenvalue weighted by molar-refractivity contribution is -0.151.